The van der Waals surface area contributed by atoms with Crippen molar-refractivity contribution in [1.82, 2.24) is 14.7 Å². The molecular weight excluding hydrogens is 449 g/mol. The first-order valence-corrected chi connectivity index (χ1v) is 11.9. The highest BCUT2D eigenvalue weighted by atomic mass is 19.1. The van der Waals surface area contributed by atoms with Gasteiger partial charge in [-0.2, -0.15) is 5.26 Å². The van der Waals surface area contributed by atoms with Gasteiger partial charge in [0.05, 0.1) is 0 Å². The standard InChI is InChI=1S/C26H28FN5O3/c27-22-2-4-23(5-3-22)31-11-13-32(14-12-31)26(33)21(16-28)18-30-9-7-29(8-10-30)17-20-1-6-24-25(15-20)35-19-34-24/h1-6,15,18H,7-14,17,19H2/b21-18-. The lowest BCUT2D eigenvalue weighted by Crippen LogP contribution is -2.49. The maximum atomic E-state index is 13.2. The number of anilines is 1. The van der Waals surface area contributed by atoms with E-state index in [1.165, 1.54) is 17.7 Å². The van der Waals surface area contributed by atoms with E-state index < -0.39 is 0 Å². The van der Waals surface area contributed by atoms with E-state index in [-0.39, 0.29) is 24.1 Å². The van der Waals surface area contributed by atoms with E-state index in [1.807, 2.05) is 12.1 Å². The molecule has 0 radical (unpaired) electrons. The number of carbonyl (C=O) groups is 1. The third kappa shape index (κ3) is 5.33. The predicted octanol–water partition coefficient (Wildman–Crippen LogP) is 2.43. The fraction of sp³-hybridized carbons (Fsp3) is 0.385. The molecule has 0 aliphatic carbocycles. The third-order valence-corrected chi connectivity index (χ3v) is 6.67. The molecule has 2 aromatic rings. The summed E-state index contributed by atoms with van der Waals surface area (Å²) >= 11 is 0. The van der Waals surface area contributed by atoms with Gasteiger partial charge in [-0.05, 0) is 42.0 Å². The first kappa shape index (κ1) is 23.0. The zero-order valence-corrected chi connectivity index (χ0v) is 19.5. The van der Waals surface area contributed by atoms with Crippen LogP contribution in [-0.4, -0.2) is 79.8 Å². The molecule has 5 rings (SSSR count). The Morgan fingerprint density at radius 3 is 2.37 bits per heavy atom. The number of fused-ring (bicyclic) bond motifs is 1. The molecule has 2 aromatic carbocycles. The number of ether oxygens (including phenoxy) is 2. The maximum Gasteiger partial charge on any atom is 0.266 e. The fourth-order valence-corrected chi connectivity index (χ4v) is 4.65. The second-order valence-electron chi connectivity index (χ2n) is 8.91. The summed E-state index contributed by atoms with van der Waals surface area (Å²) < 4.78 is 24.0. The number of nitriles is 1. The monoisotopic (exact) mass is 477 g/mol. The minimum Gasteiger partial charge on any atom is -0.454 e. The van der Waals surface area contributed by atoms with Crippen molar-refractivity contribution in [3.05, 3.63) is 65.6 Å². The normalized spacial score (nSPS) is 18.5. The van der Waals surface area contributed by atoms with Gasteiger partial charge in [-0.1, -0.05) is 6.07 Å². The van der Waals surface area contributed by atoms with Crippen LogP contribution in [0.2, 0.25) is 0 Å². The van der Waals surface area contributed by atoms with Crippen molar-refractivity contribution in [2.24, 2.45) is 0 Å². The number of halogens is 1. The van der Waals surface area contributed by atoms with E-state index in [1.54, 1.807) is 23.2 Å². The van der Waals surface area contributed by atoms with E-state index in [2.05, 4.69) is 26.8 Å². The quantitative estimate of drug-likeness (QED) is 0.484. The fourth-order valence-electron chi connectivity index (χ4n) is 4.65. The minimum atomic E-state index is -0.264. The summed E-state index contributed by atoms with van der Waals surface area (Å²) in [6, 6.07) is 14.5. The Kier molecular flexibility index (Phi) is 6.73. The van der Waals surface area contributed by atoms with Crippen molar-refractivity contribution in [1.29, 1.82) is 5.26 Å². The highest BCUT2D eigenvalue weighted by molar-refractivity contribution is 5.97. The molecule has 1 amide bonds. The zero-order valence-electron chi connectivity index (χ0n) is 19.5. The van der Waals surface area contributed by atoms with Gasteiger partial charge in [0.2, 0.25) is 6.79 Å². The van der Waals surface area contributed by atoms with Gasteiger partial charge in [0.25, 0.3) is 5.91 Å². The smallest absolute Gasteiger partial charge is 0.266 e. The molecular formula is C26H28FN5O3. The highest BCUT2D eigenvalue weighted by Gasteiger charge is 2.25. The second-order valence-corrected chi connectivity index (χ2v) is 8.91. The number of hydrogen-bond donors (Lipinski definition) is 0. The lowest BCUT2D eigenvalue weighted by Gasteiger charge is -2.36. The van der Waals surface area contributed by atoms with E-state index in [9.17, 15) is 14.4 Å². The predicted molar refractivity (Wildman–Crippen MR) is 128 cm³/mol. The Morgan fingerprint density at radius 1 is 0.943 bits per heavy atom. The van der Waals surface area contributed by atoms with Crippen LogP contribution < -0.4 is 14.4 Å². The molecule has 0 atom stereocenters. The molecule has 0 aromatic heterocycles. The van der Waals surface area contributed by atoms with Crippen LogP contribution in [0.1, 0.15) is 5.56 Å². The van der Waals surface area contributed by atoms with Crippen LogP contribution in [0.4, 0.5) is 10.1 Å². The summed E-state index contributed by atoms with van der Waals surface area (Å²) in [4.78, 5) is 21.3. The van der Waals surface area contributed by atoms with Crippen LogP contribution in [-0.2, 0) is 11.3 Å². The van der Waals surface area contributed by atoms with E-state index in [0.717, 1.165) is 49.9 Å². The first-order valence-electron chi connectivity index (χ1n) is 11.9. The van der Waals surface area contributed by atoms with Crippen molar-refractivity contribution in [3.8, 4) is 17.6 Å². The van der Waals surface area contributed by atoms with Gasteiger partial charge in [0, 0.05) is 70.8 Å². The van der Waals surface area contributed by atoms with Gasteiger partial charge in [0.1, 0.15) is 17.5 Å². The summed E-state index contributed by atoms with van der Waals surface area (Å²) in [6.07, 6.45) is 1.71. The molecule has 0 saturated carbocycles. The van der Waals surface area contributed by atoms with Gasteiger partial charge in [-0.15, -0.1) is 0 Å². The third-order valence-electron chi connectivity index (χ3n) is 6.67. The average molecular weight is 478 g/mol. The number of hydrogen-bond acceptors (Lipinski definition) is 7. The van der Waals surface area contributed by atoms with Crippen LogP contribution in [0.25, 0.3) is 0 Å². The van der Waals surface area contributed by atoms with Gasteiger partial charge in [-0.3, -0.25) is 9.69 Å². The maximum absolute atomic E-state index is 13.2. The number of rotatable bonds is 5. The van der Waals surface area contributed by atoms with Crippen LogP contribution >= 0.6 is 0 Å². The van der Waals surface area contributed by atoms with E-state index in [4.69, 9.17) is 9.47 Å². The zero-order chi connectivity index (χ0) is 24.2. The molecule has 3 aliphatic rings. The Bertz CT molecular complexity index is 1130. The minimum absolute atomic E-state index is 0.171. The van der Waals surface area contributed by atoms with Crippen molar-refractivity contribution in [3.63, 3.8) is 0 Å². The number of amides is 1. The van der Waals surface area contributed by atoms with E-state index in [0.29, 0.717) is 26.2 Å². The Hall–Kier alpha value is -3.77. The lowest BCUT2D eigenvalue weighted by molar-refractivity contribution is -0.127. The van der Waals surface area contributed by atoms with Crippen LogP contribution in [0.3, 0.4) is 0 Å². The van der Waals surface area contributed by atoms with Crippen LogP contribution in [0.15, 0.2) is 54.2 Å². The Labute approximate surface area is 204 Å². The van der Waals surface area contributed by atoms with Gasteiger partial charge in [0.15, 0.2) is 11.5 Å². The molecule has 0 bridgehead atoms. The molecule has 35 heavy (non-hydrogen) atoms. The Balaban J connectivity index is 1.12. The lowest BCUT2D eigenvalue weighted by atomic mass is 10.1. The first-order chi connectivity index (χ1) is 17.1. The number of nitrogens with zero attached hydrogens (tertiary/aromatic N) is 5. The molecule has 3 heterocycles. The van der Waals surface area contributed by atoms with Gasteiger partial charge < -0.3 is 24.2 Å². The molecule has 0 spiro atoms. The molecule has 2 saturated heterocycles. The Morgan fingerprint density at radius 2 is 1.66 bits per heavy atom. The molecule has 0 N–H and O–H groups in total. The van der Waals surface area contributed by atoms with Crippen LogP contribution in [0, 0.1) is 17.1 Å². The van der Waals surface area contributed by atoms with Crippen LogP contribution in [0.5, 0.6) is 11.5 Å². The molecule has 0 unspecified atom stereocenters. The molecule has 9 heteroatoms. The molecule has 182 valence electrons. The van der Waals surface area contributed by atoms with Crippen molar-refractivity contribution >= 4 is 11.6 Å². The van der Waals surface area contributed by atoms with Crippen molar-refractivity contribution in [2.75, 3.05) is 64.1 Å². The summed E-state index contributed by atoms with van der Waals surface area (Å²) in [5, 5.41) is 9.67. The van der Waals surface area contributed by atoms with Crippen molar-refractivity contribution in [2.45, 2.75) is 6.54 Å². The number of piperazine rings is 2. The van der Waals surface area contributed by atoms with Gasteiger partial charge in [-0.25, -0.2) is 4.39 Å². The van der Waals surface area contributed by atoms with E-state index >= 15 is 0 Å². The summed E-state index contributed by atoms with van der Waals surface area (Å²) in [7, 11) is 0. The number of carbonyl (C=O) groups excluding carboxylic acids is 1. The highest BCUT2D eigenvalue weighted by Crippen LogP contribution is 2.32. The second kappa shape index (κ2) is 10.2. The largest absolute Gasteiger partial charge is 0.454 e. The number of benzene rings is 2. The SMILES string of the molecule is N#C/C(=C/N1CCN(Cc2ccc3c(c2)OCO3)CC1)C(=O)N1CCN(c2ccc(F)cc2)CC1. The van der Waals surface area contributed by atoms with Gasteiger partial charge >= 0.3 is 0 Å². The molecule has 2 fully saturated rings. The average Bonchev–Trinajstić information content (AvgIpc) is 3.36. The topological polar surface area (TPSA) is 72.3 Å². The summed E-state index contributed by atoms with van der Waals surface area (Å²) in [6.45, 7) is 6.62. The van der Waals surface area contributed by atoms with Crippen molar-refractivity contribution < 1.29 is 18.7 Å². The summed E-state index contributed by atoms with van der Waals surface area (Å²) in [5.74, 6) is 1.09. The molecule has 8 nitrogen and oxygen atoms in total. The summed E-state index contributed by atoms with van der Waals surface area (Å²) in [5.41, 5.74) is 2.28. The molecule has 3 aliphatic heterocycles.